The predicted molar refractivity (Wildman–Crippen MR) is 72.1 cm³/mol. The van der Waals surface area contributed by atoms with Crippen LogP contribution in [0.25, 0.3) is 5.52 Å². The van der Waals surface area contributed by atoms with Gasteiger partial charge in [0.1, 0.15) is 0 Å². The van der Waals surface area contributed by atoms with Gasteiger partial charge in [0, 0.05) is 24.7 Å². The first kappa shape index (κ1) is 12.9. The predicted octanol–water partition coefficient (Wildman–Crippen LogP) is 2.42. The monoisotopic (exact) mass is 265 g/mol. The van der Waals surface area contributed by atoms with Crippen LogP contribution in [0.1, 0.15) is 24.2 Å². The first-order valence-electron chi connectivity index (χ1n) is 5.94. The average molecular weight is 266 g/mol. The molecule has 2 rings (SSSR count). The van der Waals surface area contributed by atoms with Crippen molar-refractivity contribution < 1.29 is 4.79 Å². The van der Waals surface area contributed by atoms with Crippen molar-refractivity contribution in [1.82, 2.24) is 14.5 Å². The number of hydrogen-bond donors (Lipinski definition) is 0. The van der Waals surface area contributed by atoms with Gasteiger partial charge in [-0.25, -0.2) is 4.52 Å². The van der Waals surface area contributed by atoms with Crippen LogP contribution in [-0.2, 0) is 0 Å². The quantitative estimate of drug-likeness (QED) is 0.797. The first-order chi connectivity index (χ1) is 8.65. The Kier molecular flexibility index (Phi) is 3.87. The highest BCUT2D eigenvalue weighted by Gasteiger charge is 2.21. The lowest BCUT2D eigenvalue weighted by molar-refractivity contribution is 0.0720. The fourth-order valence-electron chi connectivity index (χ4n) is 1.94. The summed E-state index contributed by atoms with van der Waals surface area (Å²) < 4.78 is 1.70. The van der Waals surface area contributed by atoms with E-state index >= 15 is 0 Å². The number of amides is 1. The second kappa shape index (κ2) is 5.40. The minimum Gasteiger partial charge on any atom is -0.335 e. The van der Waals surface area contributed by atoms with Gasteiger partial charge in [-0.3, -0.25) is 4.79 Å². The molecule has 0 spiro atoms. The maximum Gasteiger partial charge on any atom is 0.257 e. The van der Waals surface area contributed by atoms with Crippen LogP contribution in [0.3, 0.4) is 0 Å². The minimum absolute atomic E-state index is 0.0214. The largest absolute Gasteiger partial charge is 0.335 e. The molecule has 0 saturated heterocycles. The number of rotatable bonds is 4. The van der Waals surface area contributed by atoms with Crippen LogP contribution in [0.5, 0.6) is 0 Å². The van der Waals surface area contributed by atoms with Gasteiger partial charge in [0.05, 0.1) is 17.3 Å². The van der Waals surface area contributed by atoms with Crippen LogP contribution in [0, 0.1) is 0 Å². The van der Waals surface area contributed by atoms with Crippen LogP contribution in [-0.4, -0.2) is 38.9 Å². The van der Waals surface area contributed by atoms with Gasteiger partial charge in [0.15, 0.2) is 0 Å². The number of alkyl halides is 1. The Bertz CT molecular complexity index is 550. The van der Waals surface area contributed by atoms with E-state index < -0.39 is 0 Å². The smallest absolute Gasteiger partial charge is 0.257 e. The summed E-state index contributed by atoms with van der Waals surface area (Å²) in [6.07, 6.45) is 3.44. The summed E-state index contributed by atoms with van der Waals surface area (Å²) in [6, 6.07) is 5.79. The molecule has 0 unspecified atom stereocenters. The van der Waals surface area contributed by atoms with Crippen molar-refractivity contribution in [2.45, 2.75) is 19.9 Å². The number of aromatic nitrogens is 2. The number of carbonyl (C=O) groups is 1. The topological polar surface area (TPSA) is 37.6 Å². The molecule has 0 N–H and O–H groups in total. The van der Waals surface area contributed by atoms with Crippen LogP contribution in [0.4, 0.5) is 0 Å². The molecule has 2 aromatic heterocycles. The zero-order chi connectivity index (χ0) is 13.1. The van der Waals surface area contributed by atoms with E-state index in [1.165, 1.54) is 0 Å². The molecule has 0 radical (unpaired) electrons. The standard InChI is InChI=1S/C13H16ClN3O/c1-10(2)16(8-6-14)13(18)11-9-15-17-7-4-3-5-12(11)17/h3-5,7,9-10H,6,8H2,1-2H3. The van der Waals surface area contributed by atoms with E-state index in [4.69, 9.17) is 11.6 Å². The number of carbonyl (C=O) groups excluding carboxylic acids is 1. The Balaban J connectivity index is 2.38. The molecule has 96 valence electrons. The van der Waals surface area contributed by atoms with E-state index in [1.807, 2.05) is 38.2 Å². The summed E-state index contributed by atoms with van der Waals surface area (Å²) in [7, 11) is 0. The minimum atomic E-state index is -0.0214. The van der Waals surface area contributed by atoms with E-state index in [-0.39, 0.29) is 11.9 Å². The zero-order valence-corrected chi connectivity index (χ0v) is 11.3. The molecular weight excluding hydrogens is 250 g/mol. The van der Waals surface area contributed by atoms with Crippen molar-refractivity contribution >= 4 is 23.0 Å². The lowest BCUT2D eigenvalue weighted by Crippen LogP contribution is -2.38. The van der Waals surface area contributed by atoms with Crippen LogP contribution in [0.15, 0.2) is 30.6 Å². The maximum absolute atomic E-state index is 12.5. The van der Waals surface area contributed by atoms with Crippen LogP contribution >= 0.6 is 11.6 Å². The molecule has 18 heavy (non-hydrogen) atoms. The van der Waals surface area contributed by atoms with Gasteiger partial charge >= 0.3 is 0 Å². The Labute approximate surface area is 111 Å². The Hall–Kier alpha value is -1.55. The normalized spacial score (nSPS) is 11.1. The third-order valence-electron chi connectivity index (χ3n) is 2.87. The lowest BCUT2D eigenvalue weighted by atomic mass is 10.2. The highest BCUT2D eigenvalue weighted by atomic mass is 35.5. The van der Waals surface area contributed by atoms with Gasteiger partial charge in [-0.1, -0.05) is 6.07 Å². The van der Waals surface area contributed by atoms with Crippen molar-refractivity contribution in [2.24, 2.45) is 0 Å². The molecule has 1 amide bonds. The molecule has 0 aliphatic heterocycles. The second-order valence-corrected chi connectivity index (χ2v) is 4.75. The Morgan fingerprint density at radius 1 is 1.50 bits per heavy atom. The van der Waals surface area contributed by atoms with Crippen LogP contribution in [0.2, 0.25) is 0 Å². The van der Waals surface area contributed by atoms with E-state index in [0.717, 1.165) is 5.52 Å². The average Bonchev–Trinajstić information content (AvgIpc) is 2.78. The van der Waals surface area contributed by atoms with Gasteiger partial charge in [0.25, 0.3) is 5.91 Å². The Morgan fingerprint density at radius 2 is 2.28 bits per heavy atom. The molecular formula is C13H16ClN3O. The van der Waals surface area contributed by atoms with E-state index in [0.29, 0.717) is 18.0 Å². The number of fused-ring (bicyclic) bond motifs is 1. The highest BCUT2D eigenvalue weighted by molar-refractivity contribution is 6.18. The summed E-state index contributed by atoms with van der Waals surface area (Å²) in [4.78, 5) is 14.2. The first-order valence-corrected chi connectivity index (χ1v) is 6.48. The summed E-state index contributed by atoms with van der Waals surface area (Å²) in [5.41, 5.74) is 1.44. The summed E-state index contributed by atoms with van der Waals surface area (Å²) in [5, 5.41) is 4.18. The number of pyridine rings is 1. The molecule has 4 nitrogen and oxygen atoms in total. The summed E-state index contributed by atoms with van der Waals surface area (Å²) >= 11 is 5.75. The van der Waals surface area contributed by atoms with Crippen molar-refractivity contribution in [3.63, 3.8) is 0 Å². The fraction of sp³-hybridized carbons (Fsp3) is 0.385. The van der Waals surface area contributed by atoms with Gasteiger partial charge in [-0.05, 0) is 26.0 Å². The lowest BCUT2D eigenvalue weighted by Gasteiger charge is -2.25. The third kappa shape index (κ3) is 2.34. The fourth-order valence-corrected chi connectivity index (χ4v) is 2.12. The van der Waals surface area contributed by atoms with Gasteiger partial charge in [-0.2, -0.15) is 5.10 Å². The van der Waals surface area contributed by atoms with E-state index in [9.17, 15) is 4.79 Å². The molecule has 0 aliphatic carbocycles. The molecule has 0 aliphatic rings. The van der Waals surface area contributed by atoms with Gasteiger partial charge in [-0.15, -0.1) is 11.6 Å². The third-order valence-corrected chi connectivity index (χ3v) is 3.04. The van der Waals surface area contributed by atoms with Crippen molar-refractivity contribution in [2.75, 3.05) is 12.4 Å². The van der Waals surface area contributed by atoms with Crippen molar-refractivity contribution in [1.29, 1.82) is 0 Å². The molecule has 0 atom stereocenters. The maximum atomic E-state index is 12.5. The SMILES string of the molecule is CC(C)N(CCCl)C(=O)c1cnn2ccccc12. The van der Waals surface area contributed by atoms with Gasteiger partial charge in [0.2, 0.25) is 0 Å². The van der Waals surface area contributed by atoms with Crippen molar-refractivity contribution in [3.05, 3.63) is 36.2 Å². The molecule has 0 saturated carbocycles. The summed E-state index contributed by atoms with van der Waals surface area (Å²) in [5.74, 6) is 0.412. The molecule has 0 fully saturated rings. The van der Waals surface area contributed by atoms with Crippen molar-refractivity contribution in [3.8, 4) is 0 Å². The zero-order valence-electron chi connectivity index (χ0n) is 10.5. The molecule has 5 heteroatoms. The van der Waals surface area contributed by atoms with Gasteiger partial charge < -0.3 is 4.90 Å². The molecule has 0 aromatic carbocycles. The van der Waals surface area contributed by atoms with Crippen LogP contribution < -0.4 is 0 Å². The Morgan fingerprint density at radius 3 is 2.94 bits per heavy atom. The second-order valence-electron chi connectivity index (χ2n) is 4.37. The molecule has 2 aromatic rings. The number of nitrogens with zero attached hydrogens (tertiary/aromatic N) is 3. The summed E-state index contributed by atoms with van der Waals surface area (Å²) in [6.45, 7) is 4.51. The molecule has 2 heterocycles. The molecule has 0 bridgehead atoms. The number of halogens is 1. The van der Waals surface area contributed by atoms with E-state index in [2.05, 4.69) is 5.10 Å². The highest BCUT2D eigenvalue weighted by Crippen LogP contribution is 2.14. The number of hydrogen-bond acceptors (Lipinski definition) is 2. The van der Waals surface area contributed by atoms with E-state index in [1.54, 1.807) is 15.6 Å².